The van der Waals surface area contributed by atoms with Crippen molar-refractivity contribution in [2.24, 2.45) is 5.92 Å². The Balaban J connectivity index is 2.18. The topological polar surface area (TPSA) is 97.2 Å². The van der Waals surface area contributed by atoms with Crippen LogP contribution in [-0.2, 0) is 0 Å². The lowest BCUT2D eigenvalue weighted by Crippen LogP contribution is -2.28. The van der Waals surface area contributed by atoms with Gasteiger partial charge in [0.2, 0.25) is 0 Å². The van der Waals surface area contributed by atoms with Gasteiger partial charge in [0, 0.05) is 18.7 Å². The molecule has 1 fully saturated rings. The van der Waals surface area contributed by atoms with E-state index >= 15 is 0 Å². The van der Waals surface area contributed by atoms with Gasteiger partial charge in [0.1, 0.15) is 12.0 Å². The SMILES string of the molecule is CCCNc1ncc([N+](=O)[O-])cc1C(=O)NC1CC1CC. The van der Waals surface area contributed by atoms with Crippen molar-refractivity contribution in [3.8, 4) is 0 Å². The van der Waals surface area contributed by atoms with Crippen LogP contribution in [0.15, 0.2) is 12.3 Å². The van der Waals surface area contributed by atoms with E-state index in [2.05, 4.69) is 22.5 Å². The van der Waals surface area contributed by atoms with E-state index in [0.717, 1.165) is 19.3 Å². The number of nitrogens with zero attached hydrogens (tertiary/aromatic N) is 2. The minimum absolute atomic E-state index is 0.176. The van der Waals surface area contributed by atoms with Gasteiger partial charge >= 0.3 is 0 Å². The Labute approximate surface area is 123 Å². The van der Waals surface area contributed by atoms with E-state index in [1.807, 2.05) is 6.92 Å². The molecule has 0 aromatic carbocycles. The van der Waals surface area contributed by atoms with Crippen LogP contribution in [-0.4, -0.2) is 28.4 Å². The maximum Gasteiger partial charge on any atom is 0.288 e. The normalized spacial score (nSPS) is 19.9. The van der Waals surface area contributed by atoms with Gasteiger partial charge in [-0.1, -0.05) is 20.3 Å². The van der Waals surface area contributed by atoms with E-state index in [1.54, 1.807) is 0 Å². The van der Waals surface area contributed by atoms with Crippen molar-refractivity contribution in [2.75, 3.05) is 11.9 Å². The molecule has 1 amide bonds. The summed E-state index contributed by atoms with van der Waals surface area (Å²) in [6.45, 7) is 4.74. The van der Waals surface area contributed by atoms with Gasteiger partial charge in [0.15, 0.2) is 0 Å². The Morgan fingerprint density at radius 3 is 2.86 bits per heavy atom. The van der Waals surface area contributed by atoms with Crippen molar-refractivity contribution in [1.29, 1.82) is 0 Å². The fourth-order valence-corrected chi connectivity index (χ4v) is 2.23. The summed E-state index contributed by atoms with van der Waals surface area (Å²) in [6.07, 6.45) is 4.04. The molecular formula is C14H20N4O3. The molecule has 0 aliphatic heterocycles. The van der Waals surface area contributed by atoms with Crippen molar-refractivity contribution in [2.45, 2.75) is 39.2 Å². The van der Waals surface area contributed by atoms with Crippen LogP contribution in [0.5, 0.6) is 0 Å². The first-order valence-electron chi connectivity index (χ1n) is 7.26. The zero-order valence-electron chi connectivity index (χ0n) is 12.3. The molecule has 2 atom stereocenters. The third kappa shape index (κ3) is 3.68. The van der Waals surface area contributed by atoms with Crippen molar-refractivity contribution >= 4 is 17.4 Å². The summed E-state index contributed by atoms with van der Waals surface area (Å²) in [5.41, 5.74) is 0.0597. The highest BCUT2D eigenvalue weighted by atomic mass is 16.6. The molecule has 114 valence electrons. The minimum Gasteiger partial charge on any atom is -0.369 e. The third-order valence-corrected chi connectivity index (χ3v) is 3.63. The van der Waals surface area contributed by atoms with Crippen LogP contribution in [0.1, 0.15) is 43.5 Å². The quantitative estimate of drug-likeness (QED) is 0.594. The van der Waals surface area contributed by atoms with Crippen LogP contribution in [0.4, 0.5) is 11.5 Å². The molecule has 2 rings (SSSR count). The smallest absolute Gasteiger partial charge is 0.288 e. The number of nitrogens with one attached hydrogen (secondary N) is 2. The molecule has 7 nitrogen and oxygen atoms in total. The van der Waals surface area contributed by atoms with Crippen molar-refractivity contribution in [3.05, 3.63) is 27.9 Å². The molecule has 2 N–H and O–H groups in total. The van der Waals surface area contributed by atoms with Gasteiger partial charge in [-0.3, -0.25) is 14.9 Å². The summed E-state index contributed by atoms with van der Waals surface area (Å²) in [6, 6.07) is 1.46. The number of pyridine rings is 1. The van der Waals surface area contributed by atoms with Crippen LogP contribution < -0.4 is 10.6 Å². The van der Waals surface area contributed by atoms with Crippen LogP contribution in [0.3, 0.4) is 0 Å². The molecule has 7 heteroatoms. The number of aromatic nitrogens is 1. The molecule has 0 radical (unpaired) electrons. The summed E-state index contributed by atoms with van der Waals surface area (Å²) < 4.78 is 0. The highest BCUT2D eigenvalue weighted by Gasteiger charge is 2.37. The Bertz CT molecular complexity index is 547. The van der Waals surface area contributed by atoms with E-state index in [1.165, 1.54) is 12.3 Å². The molecule has 1 aromatic rings. The second-order valence-corrected chi connectivity index (χ2v) is 5.26. The van der Waals surface area contributed by atoms with Crippen molar-refractivity contribution in [3.63, 3.8) is 0 Å². The zero-order valence-corrected chi connectivity index (χ0v) is 12.3. The number of carbonyl (C=O) groups excluding carboxylic acids is 1. The zero-order chi connectivity index (χ0) is 15.4. The predicted molar refractivity (Wildman–Crippen MR) is 79.3 cm³/mol. The summed E-state index contributed by atoms with van der Waals surface area (Å²) in [4.78, 5) is 26.6. The molecule has 1 aliphatic carbocycles. The fraction of sp³-hybridized carbons (Fsp3) is 0.571. The molecule has 1 saturated carbocycles. The molecule has 2 unspecified atom stereocenters. The molecule has 21 heavy (non-hydrogen) atoms. The van der Waals surface area contributed by atoms with E-state index in [0.29, 0.717) is 18.3 Å². The Kier molecular flexibility index (Phi) is 4.72. The maximum absolute atomic E-state index is 12.3. The standard InChI is InChI=1S/C14H20N4O3/c1-3-5-15-13-11(7-10(8-16-13)18(20)21)14(19)17-12-6-9(12)4-2/h7-9,12H,3-6H2,1-2H3,(H,15,16)(H,17,19). The third-order valence-electron chi connectivity index (χ3n) is 3.63. The van der Waals surface area contributed by atoms with Gasteiger partial charge in [0.05, 0.1) is 10.5 Å². The summed E-state index contributed by atoms with van der Waals surface area (Å²) in [7, 11) is 0. The number of nitro groups is 1. The number of hydrogen-bond donors (Lipinski definition) is 2. The monoisotopic (exact) mass is 292 g/mol. The Morgan fingerprint density at radius 2 is 2.29 bits per heavy atom. The van der Waals surface area contributed by atoms with Crippen LogP contribution in [0.2, 0.25) is 0 Å². The first-order valence-corrected chi connectivity index (χ1v) is 7.26. The lowest BCUT2D eigenvalue weighted by atomic mass is 10.2. The molecule has 0 saturated heterocycles. The number of anilines is 1. The lowest BCUT2D eigenvalue weighted by Gasteiger charge is -2.10. The van der Waals surface area contributed by atoms with Gasteiger partial charge in [0.25, 0.3) is 11.6 Å². The average Bonchev–Trinajstić information content (AvgIpc) is 3.22. The van der Waals surface area contributed by atoms with Gasteiger partial charge < -0.3 is 10.6 Å². The van der Waals surface area contributed by atoms with Crippen LogP contribution in [0, 0.1) is 16.0 Å². The number of amides is 1. The molecule has 0 spiro atoms. The van der Waals surface area contributed by atoms with Gasteiger partial charge in [-0.25, -0.2) is 4.98 Å². The van der Waals surface area contributed by atoms with E-state index in [4.69, 9.17) is 0 Å². The largest absolute Gasteiger partial charge is 0.369 e. The second kappa shape index (κ2) is 6.51. The van der Waals surface area contributed by atoms with Crippen molar-refractivity contribution in [1.82, 2.24) is 10.3 Å². The average molecular weight is 292 g/mol. The molecule has 1 heterocycles. The fourth-order valence-electron chi connectivity index (χ4n) is 2.23. The van der Waals surface area contributed by atoms with E-state index in [-0.39, 0.29) is 23.2 Å². The molecule has 0 bridgehead atoms. The summed E-state index contributed by atoms with van der Waals surface area (Å²) >= 11 is 0. The summed E-state index contributed by atoms with van der Waals surface area (Å²) in [5, 5.41) is 16.8. The molecular weight excluding hydrogens is 272 g/mol. The number of rotatable bonds is 7. The summed E-state index contributed by atoms with van der Waals surface area (Å²) in [5.74, 6) is 0.618. The highest BCUT2D eigenvalue weighted by Crippen LogP contribution is 2.33. The minimum atomic E-state index is -0.542. The van der Waals surface area contributed by atoms with Gasteiger partial charge in [-0.15, -0.1) is 0 Å². The van der Waals surface area contributed by atoms with Crippen LogP contribution in [0.25, 0.3) is 0 Å². The Hall–Kier alpha value is -2.18. The Morgan fingerprint density at radius 1 is 1.52 bits per heavy atom. The van der Waals surface area contributed by atoms with Crippen molar-refractivity contribution < 1.29 is 9.72 Å². The molecule has 1 aliphatic rings. The maximum atomic E-state index is 12.3. The van der Waals surface area contributed by atoms with E-state index < -0.39 is 4.92 Å². The number of carbonyl (C=O) groups is 1. The van der Waals surface area contributed by atoms with E-state index in [9.17, 15) is 14.9 Å². The lowest BCUT2D eigenvalue weighted by molar-refractivity contribution is -0.385. The first kappa shape index (κ1) is 15.2. The van der Waals surface area contributed by atoms with Gasteiger partial charge in [-0.05, 0) is 18.8 Å². The molecule has 1 aromatic heterocycles. The number of hydrogen-bond acceptors (Lipinski definition) is 5. The highest BCUT2D eigenvalue weighted by molar-refractivity contribution is 5.99. The second-order valence-electron chi connectivity index (χ2n) is 5.26. The van der Waals surface area contributed by atoms with Gasteiger partial charge in [-0.2, -0.15) is 0 Å². The predicted octanol–water partition coefficient (Wildman–Crippen LogP) is 2.34. The van der Waals surface area contributed by atoms with Crippen LogP contribution >= 0.6 is 0 Å². The first-order chi connectivity index (χ1) is 10.1.